The Hall–Kier alpha value is -0.645. The van der Waals surface area contributed by atoms with Crippen LogP contribution in [0.3, 0.4) is 0 Å². The van der Waals surface area contributed by atoms with Crippen LogP contribution in [0, 0.1) is 0 Å². The molecular formula is C11H15BClF2NO5S2. The predicted molar refractivity (Wildman–Crippen MR) is 86.5 cm³/mol. The maximum atomic E-state index is 13.2. The van der Waals surface area contributed by atoms with Crippen molar-refractivity contribution in [3.05, 3.63) is 0 Å². The number of hydrogen-bond acceptors (Lipinski definition) is 8. The van der Waals surface area contributed by atoms with Crippen molar-refractivity contribution in [3.63, 3.8) is 0 Å². The summed E-state index contributed by atoms with van der Waals surface area (Å²) in [5, 5.41) is -4.78. The van der Waals surface area contributed by atoms with E-state index in [0.29, 0.717) is 11.8 Å². The standard InChI is InChI=1S/C11H15BClF2NO5S2/c1-3-19-10(22)23-7(4-11(13,14)15)12-20-8(17)5-16(2)6-9(18)21-12/h7H,3-6H2,1-2H3. The molecule has 1 saturated heterocycles. The molecule has 1 aliphatic heterocycles. The van der Waals surface area contributed by atoms with Gasteiger partial charge in [-0.3, -0.25) is 14.5 Å². The second kappa shape index (κ2) is 9.00. The lowest BCUT2D eigenvalue weighted by Gasteiger charge is -2.27. The smallest absolute Gasteiger partial charge is 0.497 e. The molecule has 0 bridgehead atoms. The van der Waals surface area contributed by atoms with Gasteiger partial charge in [-0.1, -0.05) is 11.8 Å². The molecule has 0 spiro atoms. The van der Waals surface area contributed by atoms with Crippen molar-refractivity contribution in [2.75, 3.05) is 26.7 Å². The Balaban J connectivity index is 2.90. The highest BCUT2D eigenvalue weighted by molar-refractivity contribution is 8.23. The highest BCUT2D eigenvalue weighted by Gasteiger charge is 2.46. The fraction of sp³-hybridized carbons (Fsp3) is 0.727. The third-order valence-corrected chi connectivity index (χ3v) is 4.10. The minimum atomic E-state index is -3.59. The maximum absolute atomic E-state index is 13.2. The van der Waals surface area contributed by atoms with E-state index < -0.39 is 36.0 Å². The van der Waals surface area contributed by atoms with Crippen LogP contribution >= 0.6 is 35.6 Å². The second-order valence-electron chi connectivity index (χ2n) is 4.68. The molecule has 12 heteroatoms. The van der Waals surface area contributed by atoms with Crippen LogP contribution in [0.25, 0.3) is 0 Å². The zero-order chi connectivity index (χ0) is 17.6. The summed E-state index contributed by atoms with van der Waals surface area (Å²) in [7, 11) is -0.0108. The van der Waals surface area contributed by atoms with Gasteiger partial charge in [0.25, 0.3) is 0 Å². The largest absolute Gasteiger partial charge is 0.613 e. The highest BCUT2D eigenvalue weighted by Crippen LogP contribution is 2.33. The average molecular weight is 390 g/mol. The number of thioether (sulfide) groups is 1. The Labute approximate surface area is 147 Å². The second-order valence-corrected chi connectivity index (χ2v) is 7.07. The first-order valence-corrected chi connectivity index (χ1v) is 8.25. The molecule has 0 radical (unpaired) electrons. The van der Waals surface area contributed by atoms with Crippen molar-refractivity contribution in [2.45, 2.75) is 23.9 Å². The van der Waals surface area contributed by atoms with Crippen molar-refractivity contribution < 1.29 is 32.4 Å². The molecule has 6 nitrogen and oxygen atoms in total. The number of alkyl halides is 3. The van der Waals surface area contributed by atoms with Crippen LogP contribution in [0.15, 0.2) is 0 Å². The summed E-state index contributed by atoms with van der Waals surface area (Å²) in [6.45, 7) is 1.57. The molecule has 1 heterocycles. The minimum Gasteiger partial charge on any atom is -0.497 e. The van der Waals surface area contributed by atoms with Gasteiger partial charge in [-0.2, -0.15) is 8.78 Å². The van der Waals surface area contributed by atoms with Crippen molar-refractivity contribution in [2.24, 2.45) is 0 Å². The molecule has 0 aliphatic carbocycles. The summed E-state index contributed by atoms with van der Waals surface area (Å²) in [4.78, 5) is 24.8. The summed E-state index contributed by atoms with van der Waals surface area (Å²) in [5.74, 6) is -1.42. The van der Waals surface area contributed by atoms with E-state index in [-0.39, 0.29) is 24.1 Å². The minimum absolute atomic E-state index is 0.0373. The van der Waals surface area contributed by atoms with Gasteiger partial charge in [0.2, 0.25) is 4.38 Å². The number of hydrogen-bond donors (Lipinski definition) is 0. The number of carbonyl (C=O) groups is 2. The van der Waals surface area contributed by atoms with Crippen LogP contribution in [0.1, 0.15) is 13.3 Å². The number of ether oxygens (including phenoxy) is 1. The van der Waals surface area contributed by atoms with Crippen LogP contribution in [0.2, 0.25) is 0 Å². The molecule has 23 heavy (non-hydrogen) atoms. The van der Waals surface area contributed by atoms with Crippen LogP contribution < -0.4 is 0 Å². The first-order valence-electron chi connectivity index (χ1n) is 6.58. The van der Waals surface area contributed by atoms with Crippen LogP contribution in [-0.4, -0.2) is 65.6 Å². The van der Waals surface area contributed by atoms with Gasteiger partial charge in [0.15, 0.2) is 0 Å². The van der Waals surface area contributed by atoms with Crippen LogP contribution in [0.4, 0.5) is 8.78 Å². The lowest BCUT2D eigenvalue weighted by atomic mass is 9.81. The molecular weight excluding hydrogens is 375 g/mol. The van der Waals surface area contributed by atoms with E-state index in [1.807, 2.05) is 0 Å². The first kappa shape index (κ1) is 20.4. The number of rotatable bonds is 5. The van der Waals surface area contributed by atoms with E-state index in [1.165, 1.54) is 11.9 Å². The zero-order valence-corrected chi connectivity index (χ0v) is 14.8. The highest BCUT2D eigenvalue weighted by atomic mass is 35.5. The zero-order valence-electron chi connectivity index (χ0n) is 12.4. The lowest BCUT2D eigenvalue weighted by molar-refractivity contribution is -0.145. The van der Waals surface area contributed by atoms with Gasteiger partial charge >= 0.3 is 24.4 Å². The van der Waals surface area contributed by atoms with Crippen molar-refractivity contribution in [3.8, 4) is 0 Å². The topological polar surface area (TPSA) is 65.1 Å². The third-order valence-electron chi connectivity index (χ3n) is 2.54. The number of thiocarbonyl (C=S) groups is 1. The Morgan fingerprint density at radius 1 is 1.48 bits per heavy atom. The average Bonchev–Trinajstić information content (AvgIpc) is 2.33. The molecule has 0 saturated carbocycles. The number of nitrogens with zero attached hydrogens (tertiary/aromatic N) is 1. The van der Waals surface area contributed by atoms with Gasteiger partial charge in [-0.25, -0.2) is 0 Å². The molecule has 0 aromatic rings. The third kappa shape index (κ3) is 8.14. The molecule has 0 aromatic heterocycles. The fourth-order valence-corrected chi connectivity index (χ4v) is 3.40. The summed E-state index contributed by atoms with van der Waals surface area (Å²) in [6, 6.07) is 0. The summed E-state index contributed by atoms with van der Waals surface area (Å²) in [6.07, 6.45) is -0.923. The quantitative estimate of drug-likeness (QED) is 0.400. The molecule has 1 unspecified atom stereocenters. The lowest BCUT2D eigenvalue weighted by Crippen LogP contribution is -2.48. The van der Waals surface area contributed by atoms with E-state index in [4.69, 9.17) is 37.9 Å². The van der Waals surface area contributed by atoms with E-state index in [0.717, 1.165) is 0 Å². The van der Waals surface area contributed by atoms with Gasteiger partial charge in [-0.15, -0.1) is 0 Å². The monoisotopic (exact) mass is 389 g/mol. The van der Waals surface area contributed by atoms with Gasteiger partial charge in [0.1, 0.15) is 0 Å². The molecule has 0 amide bonds. The van der Waals surface area contributed by atoms with E-state index >= 15 is 0 Å². The van der Waals surface area contributed by atoms with E-state index in [9.17, 15) is 18.4 Å². The summed E-state index contributed by atoms with van der Waals surface area (Å²) < 4.78 is 41.3. The van der Waals surface area contributed by atoms with Gasteiger partial charge < -0.3 is 14.0 Å². The Morgan fingerprint density at radius 2 is 2.00 bits per heavy atom. The first-order chi connectivity index (χ1) is 10.6. The number of carbonyl (C=O) groups excluding carboxylic acids is 2. The molecule has 1 fully saturated rings. The fourth-order valence-electron chi connectivity index (χ4n) is 1.70. The van der Waals surface area contributed by atoms with Gasteiger partial charge in [0.05, 0.1) is 24.8 Å². The van der Waals surface area contributed by atoms with Crippen LogP contribution in [-0.2, 0) is 23.6 Å². The maximum Gasteiger partial charge on any atom is 0.613 e. The molecule has 1 rings (SSSR count). The predicted octanol–water partition coefficient (Wildman–Crippen LogP) is 1.69. The molecule has 0 aromatic carbocycles. The van der Waals surface area contributed by atoms with Gasteiger partial charge in [0, 0.05) is 6.42 Å². The normalized spacial score (nSPS) is 18.6. The Morgan fingerprint density at radius 3 is 2.43 bits per heavy atom. The van der Waals surface area contributed by atoms with E-state index in [2.05, 4.69) is 0 Å². The van der Waals surface area contributed by atoms with Gasteiger partial charge in [-0.05, 0) is 37.8 Å². The molecule has 0 N–H and O–H groups in total. The molecule has 130 valence electrons. The molecule has 1 aliphatic rings. The Bertz CT molecular complexity index is 448. The summed E-state index contributed by atoms with van der Waals surface area (Å²) in [5.41, 5.74) is 0. The Kier molecular flexibility index (Phi) is 7.98. The summed E-state index contributed by atoms with van der Waals surface area (Å²) >= 11 is 10.5. The SMILES string of the molecule is CCOC(=S)SC(CC(F)(F)Cl)B1OC(=O)CN(C)CC(=O)O1. The van der Waals surface area contributed by atoms with Crippen molar-refractivity contribution in [1.82, 2.24) is 4.90 Å². The van der Waals surface area contributed by atoms with Crippen LogP contribution in [0.5, 0.6) is 0 Å². The molecule has 1 atom stereocenters. The van der Waals surface area contributed by atoms with Crippen molar-refractivity contribution >= 4 is 59.0 Å². The van der Waals surface area contributed by atoms with Crippen molar-refractivity contribution in [1.29, 1.82) is 0 Å². The number of likely N-dealkylation sites (N-methyl/N-ethyl adjacent to an activating group) is 1. The number of halogens is 3. The van der Waals surface area contributed by atoms with E-state index in [1.54, 1.807) is 6.92 Å².